The average molecular weight is 253 g/mol. The Labute approximate surface area is 107 Å². The van der Waals surface area contributed by atoms with Crippen molar-refractivity contribution in [3.63, 3.8) is 0 Å². The summed E-state index contributed by atoms with van der Waals surface area (Å²) in [4.78, 5) is 0. The normalized spacial score (nSPS) is 37.8. The van der Waals surface area contributed by atoms with E-state index in [-0.39, 0.29) is 18.4 Å². The van der Waals surface area contributed by atoms with Crippen LogP contribution < -0.4 is 0 Å². The van der Waals surface area contributed by atoms with Gasteiger partial charge in [0.2, 0.25) is 0 Å². The molecule has 3 rings (SSSR count). The number of ether oxygens (including phenoxy) is 4. The maximum atomic E-state index is 6.20. The van der Waals surface area contributed by atoms with E-state index < -0.39 is 5.60 Å². The lowest BCUT2D eigenvalue weighted by Gasteiger charge is -2.42. The molecule has 0 N–H and O–H groups in total. The largest absolute Gasteiger partial charge is 0.381 e. The number of hydrogen-bond donors (Lipinski definition) is 0. The summed E-state index contributed by atoms with van der Waals surface area (Å²) in [5.41, 5.74) is 0.553. The summed E-state index contributed by atoms with van der Waals surface area (Å²) < 4.78 is 25.0. The fourth-order valence-electron chi connectivity index (χ4n) is 3.33. The van der Waals surface area contributed by atoms with Gasteiger partial charge in [-0.1, -0.05) is 0 Å². The number of aromatic nitrogens is 1. The van der Waals surface area contributed by atoms with Crippen molar-refractivity contribution in [1.82, 2.24) is 4.57 Å². The molecule has 4 atom stereocenters. The van der Waals surface area contributed by atoms with E-state index in [0.29, 0.717) is 6.61 Å². The van der Waals surface area contributed by atoms with Crippen LogP contribution in [0.1, 0.15) is 18.3 Å². The van der Waals surface area contributed by atoms with E-state index in [4.69, 9.17) is 18.9 Å². The van der Waals surface area contributed by atoms with Gasteiger partial charge in [-0.15, -0.1) is 0 Å². The number of rotatable bonds is 4. The molecule has 0 amide bonds. The SMILES string of the molecule is COC[C@]12OC(C[C@@H](OC)[C@@H]1OC)n1cccc12. The van der Waals surface area contributed by atoms with Crippen LogP contribution in [0, 0.1) is 0 Å². The Balaban J connectivity index is 2.08. The van der Waals surface area contributed by atoms with Crippen molar-refractivity contribution in [2.24, 2.45) is 0 Å². The monoisotopic (exact) mass is 253 g/mol. The maximum Gasteiger partial charge on any atom is 0.162 e. The Morgan fingerprint density at radius 3 is 2.89 bits per heavy atom. The van der Waals surface area contributed by atoms with E-state index in [1.54, 1.807) is 21.3 Å². The second-order valence-corrected chi connectivity index (χ2v) is 4.86. The standard InChI is InChI=1S/C13H19NO4/c1-15-8-13-10-5-4-6-14(10)11(18-13)7-9(16-2)12(13)17-3/h4-6,9,11-12H,7-8H2,1-3H3/t9-,11?,12+,13-/m1/s1. The molecule has 1 aromatic rings. The lowest BCUT2D eigenvalue weighted by Crippen LogP contribution is -2.54. The van der Waals surface area contributed by atoms with Crippen molar-refractivity contribution in [2.75, 3.05) is 27.9 Å². The van der Waals surface area contributed by atoms with Crippen molar-refractivity contribution < 1.29 is 18.9 Å². The predicted molar refractivity (Wildman–Crippen MR) is 64.3 cm³/mol. The van der Waals surface area contributed by atoms with Crippen LogP contribution in [0.15, 0.2) is 18.3 Å². The van der Waals surface area contributed by atoms with Crippen LogP contribution in [0.5, 0.6) is 0 Å². The topological polar surface area (TPSA) is 41.9 Å². The smallest absolute Gasteiger partial charge is 0.162 e. The van der Waals surface area contributed by atoms with Gasteiger partial charge in [-0.3, -0.25) is 0 Å². The van der Waals surface area contributed by atoms with Crippen molar-refractivity contribution in [2.45, 2.75) is 30.5 Å². The van der Waals surface area contributed by atoms with Gasteiger partial charge < -0.3 is 23.5 Å². The summed E-state index contributed by atoms with van der Waals surface area (Å²) in [7, 11) is 5.10. The van der Waals surface area contributed by atoms with E-state index in [1.807, 2.05) is 12.3 Å². The van der Waals surface area contributed by atoms with Gasteiger partial charge in [0.25, 0.3) is 0 Å². The molecule has 1 aromatic heterocycles. The first-order chi connectivity index (χ1) is 8.76. The molecular weight excluding hydrogens is 234 g/mol. The van der Waals surface area contributed by atoms with Crippen molar-refractivity contribution in [3.8, 4) is 0 Å². The first-order valence-electron chi connectivity index (χ1n) is 6.16. The summed E-state index contributed by atoms with van der Waals surface area (Å²) in [5.74, 6) is 0. The number of methoxy groups -OCH3 is 3. The quantitative estimate of drug-likeness (QED) is 0.811. The van der Waals surface area contributed by atoms with Gasteiger partial charge in [0.1, 0.15) is 12.3 Å². The molecule has 1 unspecified atom stereocenters. The van der Waals surface area contributed by atoms with Gasteiger partial charge in [-0.05, 0) is 12.1 Å². The summed E-state index contributed by atoms with van der Waals surface area (Å²) in [5, 5.41) is 0. The van der Waals surface area contributed by atoms with E-state index in [2.05, 4.69) is 10.6 Å². The molecule has 5 heteroatoms. The van der Waals surface area contributed by atoms with Gasteiger partial charge in [-0.2, -0.15) is 0 Å². The van der Waals surface area contributed by atoms with Gasteiger partial charge in [0, 0.05) is 33.9 Å². The first kappa shape index (κ1) is 12.2. The molecule has 1 fully saturated rings. The highest BCUT2D eigenvalue weighted by Gasteiger charge is 2.58. The molecule has 1 saturated heterocycles. The van der Waals surface area contributed by atoms with E-state index in [1.165, 1.54) is 0 Å². The molecule has 3 heterocycles. The third kappa shape index (κ3) is 1.42. The minimum atomic E-state index is -0.559. The molecule has 0 aliphatic carbocycles. The number of hydrogen-bond acceptors (Lipinski definition) is 4. The zero-order chi connectivity index (χ0) is 12.8. The lowest BCUT2D eigenvalue weighted by atomic mass is 9.87. The molecule has 2 bridgehead atoms. The Kier molecular flexibility index (Phi) is 2.94. The summed E-state index contributed by atoms with van der Waals surface area (Å²) in [6, 6.07) is 4.11. The fourth-order valence-corrected chi connectivity index (χ4v) is 3.33. The zero-order valence-electron chi connectivity index (χ0n) is 11.0. The maximum absolute atomic E-state index is 6.20. The Morgan fingerprint density at radius 2 is 2.22 bits per heavy atom. The Hall–Kier alpha value is -0.880. The molecule has 2 aliphatic rings. The molecular formula is C13H19NO4. The molecule has 0 radical (unpaired) electrons. The van der Waals surface area contributed by atoms with E-state index in [0.717, 1.165) is 12.1 Å². The van der Waals surface area contributed by atoms with Crippen LogP contribution in [0.2, 0.25) is 0 Å². The van der Waals surface area contributed by atoms with Crippen LogP contribution >= 0.6 is 0 Å². The van der Waals surface area contributed by atoms with Crippen LogP contribution in [0.4, 0.5) is 0 Å². The van der Waals surface area contributed by atoms with Crippen LogP contribution in [-0.2, 0) is 24.5 Å². The zero-order valence-corrected chi connectivity index (χ0v) is 11.0. The van der Waals surface area contributed by atoms with Crippen molar-refractivity contribution >= 4 is 0 Å². The Morgan fingerprint density at radius 1 is 1.39 bits per heavy atom. The summed E-state index contributed by atoms with van der Waals surface area (Å²) >= 11 is 0. The third-order valence-corrected chi connectivity index (χ3v) is 4.02. The third-order valence-electron chi connectivity index (χ3n) is 4.02. The minimum absolute atomic E-state index is 0.0153. The van der Waals surface area contributed by atoms with Crippen molar-refractivity contribution in [3.05, 3.63) is 24.0 Å². The number of fused-ring (bicyclic) bond motifs is 5. The fraction of sp³-hybridized carbons (Fsp3) is 0.692. The van der Waals surface area contributed by atoms with Gasteiger partial charge in [-0.25, -0.2) is 0 Å². The molecule has 0 spiro atoms. The summed E-state index contributed by atoms with van der Waals surface area (Å²) in [6.07, 6.45) is 2.71. The van der Waals surface area contributed by atoms with Gasteiger partial charge in [0.05, 0.1) is 18.4 Å². The van der Waals surface area contributed by atoms with E-state index in [9.17, 15) is 0 Å². The van der Waals surface area contributed by atoms with Crippen molar-refractivity contribution in [1.29, 1.82) is 0 Å². The van der Waals surface area contributed by atoms with Crippen LogP contribution in [-0.4, -0.2) is 44.7 Å². The average Bonchev–Trinajstić information content (AvgIpc) is 2.94. The highest BCUT2D eigenvalue weighted by atomic mass is 16.6. The number of nitrogens with zero attached hydrogens (tertiary/aromatic N) is 1. The first-order valence-corrected chi connectivity index (χ1v) is 6.16. The molecule has 0 aromatic carbocycles. The second kappa shape index (κ2) is 4.35. The molecule has 0 saturated carbocycles. The molecule has 18 heavy (non-hydrogen) atoms. The summed E-state index contributed by atoms with van der Waals surface area (Å²) in [6.45, 7) is 0.464. The van der Waals surface area contributed by atoms with E-state index >= 15 is 0 Å². The minimum Gasteiger partial charge on any atom is -0.381 e. The van der Waals surface area contributed by atoms with Gasteiger partial charge in [0.15, 0.2) is 5.60 Å². The second-order valence-electron chi connectivity index (χ2n) is 4.86. The van der Waals surface area contributed by atoms with Crippen LogP contribution in [0.25, 0.3) is 0 Å². The Bertz CT molecular complexity index is 432. The lowest BCUT2D eigenvalue weighted by molar-refractivity contribution is -0.255. The molecule has 2 aliphatic heterocycles. The highest BCUT2D eigenvalue weighted by Crippen LogP contribution is 2.50. The molecule has 5 nitrogen and oxygen atoms in total. The highest BCUT2D eigenvalue weighted by molar-refractivity contribution is 5.26. The van der Waals surface area contributed by atoms with Gasteiger partial charge >= 0.3 is 0 Å². The molecule has 100 valence electrons. The van der Waals surface area contributed by atoms with Crippen LogP contribution in [0.3, 0.4) is 0 Å². The predicted octanol–water partition coefficient (Wildman–Crippen LogP) is 1.29.